The van der Waals surface area contributed by atoms with Gasteiger partial charge in [0.25, 0.3) is 0 Å². The predicted molar refractivity (Wildman–Crippen MR) is 183 cm³/mol. The standard InChI is InChI=1S/C38H43FN4O5/c1-25-10-12-31-30(8-6-20-48-33-9-5-7-27-23-28(39)11-13-29(27)33)37(38(44)45)42-14-3-4-19-47-24-32-35(34(25)36(31)42)26(2)43(40-32)16-15-41-17-21-46-22-18-41/h5,7,9-13,23H,3-4,6,8,14-22,24H2,1-2H3,(H,44,45). The second-order valence-electron chi connectivity index (χ2n) is 12.9. The fraction of sp³-hybridized carbons (Fsp3) is 0.421. The lowest BCUT2D eigenvalue weighted by molar-refractivity contribution is 0.0358. The van der Waals surface area contributed by atoms with Crippen molar-refractivity contribution in [1.82, 2.24) is 19.2 Å². The van der Waals surface area contributed by atoms with Crippen molar-refractivity contribution in [2.75, 3.05) is 46.1 Å². The van der Waals surface area contributed by atoms with Gasteiger partial charge in [-0.05, 0) is 80.3 Å². The minimum Gasteiger partial charge on any atom is -0.493 e. The molecule has 9 nitrogen and oxygen atoms in total. The minimum absolute atomic E-state index is 0.284. The van der Waals surface area contributed by atoms with Crippen molar-refractivity contribution >= 4 is 27.6 Å². The van der Waals surface area contributed by atoms with Crippen LogP contribution in [0.2, 0.25) is 0 Å². The number of aryl methyl sites for hydroxylation is 3. The number of benzene rings is 3. The van der Waals surface area contributed by atoms with E-state index in [-0.39, 0.29) is 5.82 Å². The van der Waals surface area contributed by atoms with Gasteiger partial charge in [-0.2, -0.15) is 5.10 Å². The number of fused-ring (bicyclic) bond motifs is 3. The van der Waals surface area contributed by atoms with Crippen LogP contribution in [-0.2, 0) is 35.6 Å². The van der Waals surface area contributed by atoms with Crippen LogP contribution >= 0.6 is 0 Å². The molecular weight excluding hydrogens is 611 g/mol. The summed E-state index contributed by atoms with van der Waals surface area (Å²) in [5, 5.41) is 18.4. The molecule has 7 rings (SSSR count). The molecule has 252 valence electrons. The molecule has 0 amide bonds. The molecule has 48 heavy (non-hydrogen) atoms. The highest BCUT2D eigenvalue weighted by Crippen LogP contribution is 2.41. The normalized spacial score (nSPS) is 15.8. The van der Waals surface area contributed by atoms with Crippen molar-refractivity contribution in [3.8, 4) is 16.9 Å². The molecule has 1 saturated heterocycles. The molecule has 10 heteroatoms. The monoisotopic (exact) mass is 654 g/mol. The summed E-state index contributed by atoms with van der Waals surface area (Å²) in [5.74, 6) is -0.518. The summed E-state index contributed by atoms with van der Waals surface area (Å²) in [5.41, 5.74) is 7.24. The van der Waals surface area contributed by atoms with Crippen LogP contribution in [0.3, 0.4) is 0 Å². The predicted octanol–water partition coefficient (Wildman–Crippen LogP) is 6.77. The number of aromatic nitrogens is 3. The SMILES string of the molecule is Cc1ccc2c(CCCOc3cccc4cc(F)ccc34)c(C(=O)O)n3c2c1-c1c(nn(CCN2CCOCC2)c1C)COCCCC3. The quantitative estimate of drug-likeness (QED) is 0.176. The summed E-state index contributed by atoms with van der Waals surface area (Å²) in [6.07, 6.45) is 2.79. The van der Waals surface area contributed by atoms with Crippen molar-refractivity contribution in [3.05, 3.63) is 82.6 Å². The molecule has 5 aromatic rings. The first-order valence-corrected chi connectivity index (χ1v) is 17.0. The Morgan fingerprint density at radius 1 is 0.958 bits per heavy atom. The third-order valence-electron chi connectivity index (χ3n) is 9.79. The molecule has 0 bridgehead atoms. The lowest BCUT2D eigenvalue weighted by Gasteiger charge is -2.26. The van der Waals surface area contributed by atoms with Crippen LogP contribution in [-0.4, -0.2) is 76.4 Å². The highest BCUT2D eigenvalue weighted by molar-refractivity contribution is 6.05. The summed E-state index contributed by atoms with van der Waals surface area (Å²) in [6, 6.07) is 14.5. The van der Waals surface area contributed by atoms with Gasteiger partial charge in [-0.25, -0.2) is 9.18 Å². The first-order valence-electron chi connectivity index (χ1n) is 17.0. The van der Waals surface area contributed by atoms with E-state index in [1.165, 1.54) is 12.1 Å². The van der Waals surface area contributed by atoms with Crippen molar-refractivity contribution < 1.29 is 28.5 Å². The number of morpholine rings is 1. The van der Waals surface area contributed by atoms with Gasteiger partial charge in [-0.1, -0.05) is 24.3 Å². The Kier molecular flexibility index (Phi) is 9.48. The van der Waals surface area contributed by atoms with Crippen LogP contribution in [0.15, 0.2) is 48.5 Å². The maximum absolute atomic E-state index is 13.8. The number of nitrogens with zero attached hydrogens (tertiary/aromatic N) is 4. The molecule has 0 unspecified atom stereocenters. The summed E-state index contributed by atoms with van der Waals surface area (Å²) in [6.45, 7) is 11.2. The smallest absolute Gasteiger partial charge is 0.352 e. The maximum Gasteiger partial charge on any atom is 0.352 e. The average Bonchev–Trinajstić information content (AvgIpc) is 3.56. The van der Waals surface area contributed by atoms with E-state index in [2.05, 4.69) is 35.6 Å². The average molecular weight is 655 g/mol. The van der Waals surface area contributed by atoms with Gasteiger partial charge >= 0.3 is 5.97 Å². The van der Waals surface area contributed by atoms with Gasteiger partial charge < -0.3 is 23.9 Å². The van der Waals surface area contributed by atoms with Gasteiger partial charge in [-0.15, -0.1) is 0 Å². The molecule has 4 heterocycles. The van der Waals surface area contributed by atoms with Gasteiger partial charge in [0.05, 0.1) is 44.2 Å². The van der Waals surface area contributed by atoms with E-state index in [4.69, 9.17) is 19.3 Å². The van der Waals surface area contributed by atoms with Crippen LogP contribution in [0, 0.1) is 19.7 Å². The number of carboxylic acid groups (broad SMARTS) is 1. The number of hydrogen-bond donors (Lipinski definition) is 1. The molecule has 2 aliphatic heterocycles. The zero-order valence-electron chi connectivity index (χ0n) is 27.8. The molecule has 0 aliphatic carbocycles. The van der Waals surface area contributed by atoms with E-state index >= 15 is 0 Å². The van der Waals surface area contributed by atoms with E-state index in [0.717, 1.165) is 108 Å². The first-order chi connectivity index (χ1) is 23.4. The van der Waals surface area contributed by atoms with E-state index in [1.807, 2.05) is 22.8 Å². The van der Waals surface area contributed by atoms with Crippen LogP contribution in [0.4, 0.5) is 4.39 Å². The van der Waals surface area contributed by atoms with Crippen molar-refractivity contribution in [3.63, 3.8) is 0 Å². The maximum atomic E-state index is 13.8. The van der Waals surface area contributed by atoms with E-state index in [1.54, 1.807) is 6.07 Å². The highest BCUT2D eigenvalue weighted by atomic mass is 19.1. The number of carbonyl (C=O) groups is 1. The van der Waals surface area contributed by atoms with Gasteiger partial charge in [0.15, 0.2) is 0 Å². The summed E-state index contributed by atoms with van der Waals surface area (Å²) < 4.78 is 35.8. The molecule has 1 fully saturated rings. The zero-order valence-corrected chi connectivity index (χ0v) is 27.8. The Hall–Kier alpha value is -4.25. The van der Waals surface area contributed by atoms with E-state index in [9.17, 15) is 14.3 Å². The van der Waals surface area contributed by atoms with Crippen LogP contribution in [0.1, 0.15) is 52.3 Å². The number of aromatic carboxylic acids is 1. The second kappa shape index (κ2) is 14.1. The zero-order chi connectivity index (χ0) is 33.2. The Balaban J connectivity index is 1.25. The summed E-state index contributed by atoms with van der Waals surface area (Å²) in [4.78, 5) is 15.5. The van der Waals surface area contributed by atoms with Gasteiger partial charge in [-0.3, -0.25) is 9.58 Å². The number of hydrogen-bond acceptors (Lipinski definition) is 6. The molecule has 0 saturated carbocycles. The lowest BCUT2D eigenvalue weighted by Crippen LogP contribution is -2.38. The molecule has 0 spiro atoms. The second-order valence-corrected chi connectivity index (χ2v) is 12.9. The Morgan fingerprint density at radius 2 is 1.79 bits per heavy atom. The van der Waals surface area contributed by atoms with Gasteiger partial charge in [0.1, 0.15) is 17.3 Å². The third kappa shape index (κ3) is 6.32. The van der Waals surface area contributed by atoms with Crippen molar-refractivity contribution in [1.29, 1.82) is 0 Å². The van der Waals surface area contributed by atoms with E-state index in [0.29, 0.717) is 50.7 Å². The molecule has 0 radical (unpaired) electrons. The summed E-state index contributed by atoms with van der Waals surface area (Å²) in [7, 11) is 0. The highest BCUT2D eigenvalue weighted by Gasteiger charge is 2.28. The van der Waals surface area contributed by atoms with Crippen LogP contribution < -0.4 is 4.74 Å². The van der Waals surface area contributed by atoms with E-state index < -0.39 is 5.97 Å². The number of halogens is 1. The Labute approximate surface area is 279 Å². The topological polar surface area (TPSA) is 91.0 Å². The minimum atomic E-state index is -0.925. The molecular formula is C38H43FN4O5. The molecule has 2 aromatic heterocycles. The fourth-order valence-electron chi connectivity index (χ4n) is 7.39. The number of rotatable bonds is 9. The van der Waals surface area contributed by atoms with Gasteiger partial charge in [0.2, 0.25) is 0 Å². The molecule has 2 aliphatic rings. The fourth-order valence-corrected chi connectivity index (χ4v) is 7.39. The third-order valence-corrected chi connectivity index (χ3v) is 9.79. The summed E-state index contributed by atoms with van der Waals surface area (Å²) >= 11 is 0. The van der Waals surface area contributed by atoms with Crippen LogP contribution in [0.25, 0.3) is 32.8 Å². The number of carboxylic acids is 1. The molecule has 0 atom stereocenters. The molecule has 1 N–H and O–H groups in total. The lowest BCUT2D eigenvalue weighted by atomic mass is 9.94. The molecule has 3 aromatic carbocycles. The Morgan fingerprint density at radius 3 is 2.62 bits per heavy atom. The first kappa shape index (κ1) is 32.3. The van der Waals surface area contributed by atoms with Crippen molar-refractivity contribution in [2.24, 2.45) is 0 Å². The van der Waals surface area contributed by atoms with Crippen LogP contribution in [0.5, 0.6) is 5.75 Å². The van der Waals surface area contributed by atoms with Gasteiger partial charge in [0, 0.05) is 60.4 Å². The van der Waals surface area contributed by atoms with Crippen molar-refractivity contribution in [2.45, 2.75) is 59.2 Å². The Bertz CT molecular complexity index is 1960. The largest absolute Gasteiger partial charge is 0.493 e. The number of ether oxygens (including phenoxy) is 3.